The maximum Gasteiger partial charge on any atom is 0.133 e. The van der Waals surface area contributed by atoms with Crippen LogP contribution in [0.2, 0.25) is 0 Å². The summed E-state index contributed by atoms with van der Waals surface area (Å²) in [5.74, 6) is 1.00. The minimum atomic E-state index is 0.683. The van der Waals surface area contributed by atoms with Gasteiger partial charge in [-0.3, -0.25) is 0 Å². The Morgan fingerprint density at radius 2 is 2.33 bits per heavy atom. The van der Waals surface area contributed by atoms with Gasteiger partial charge in [-0.15, -0.1) is 0 Å². The Hall–Kier alpha value is -1.68. The van der Waals surface area contributed by atoms with Crippen molar-refractivity contribution < 1.29 is 4.74 Å². The fourth-order valence-electron chi connectivity index (χ4n) is 2.36. The molecule has 0 fully saturated rings. The van der Waals surface area contributed by atoms with E-state index < -0.39 is 0 Å². The third kappa shape index (κ3) is 1.82. The normalized spacial score (nSPS) is 13.2. The van der Waals surface area contributed by atoms with Crippen LogP contribution in [0.4, 0.5) is 0 Å². The van der Waals surface area contributed by atoms with Crippen LogP contribution in [0.25, 0.3) is 11.3 Å². The second-order valence-electron chi connectivity index (χ2n) is 4.34. The first-order valence-electron chi connectivity index (χ1n) is 6.12. The van der Waals surface area contributed by atoms with E-state index in [-0.39, 0.29) is 0 Å². The highest BCUT2D eigenvalue weighted by atomic mass is 32.1. The summed E-state index contributed by atoms with van der Waals surface area (Å²) in [4.78, 5) is 7.36. The molecule has 0 bridgehead atoms. The van der Waals surface area contributed by atoms with Gasteiger partial charge in [0.1, 0.15) is 10.4 Å². The molecule has 0 atom stereocenters. The molecule has 18 heavy (non-hydrogen) atoms. The molecule has 0 aliphatic carbocycles. The Labute approximate surface area is 111 Å². The highest BCUT2D eigenvalue weighted by Crippen LogP contribution is 2.31. The monoisotopic (exact) mass is 258 g/mol. The summed E-state index contributed by atoms with van der Waals surface area (Å²) in [6, 6.07) is 6.29. The van der Waals surface area contributed by atoms with Crippen LogP contribution in [-0.2, 0) is 12.8 Å². The first-order valence-corrected chi connectivity index (χ1v) is 6.53. The molecule has 0 unspecified atom stereocenters. The largest absolute Gasteiger partial charge is 0.493 e. The van der Waals surface area contributed by atoms with Gasteiger partial charge in [0, 0.05) is 12.0 Å². The quantitative estimate of drug-likeness (QED) is 0.840. The molecular weight excluding hydrogens is 244 g/mol. The number of hydrogen-bond acceptors (Lipinski definition) is 3. The highest BCUT2D eigenvalue weighted by Gasteiger charge is 2.14. The van der Waals surface area contributed by atoms with Gasteiger partial charge in [0.2, 0.25) is 0 Å². The average Bonchev–Trinajstić information content (AvgIpc) is 2.85. The van der Waals surface area contributed by atoms with Crippen LogP contribution in [-0.4, -0.2) is 16.6 Å². The summed E-state index contributed by atoms with van der Waals surface area (Å²) >= 11 is 5.28. The third-order valence-electron chi connectivity index (χ3n) is 3.28. The van der Waals surface area contributed by atoms with Crippen molar-refractivity contribution in [2.45, 2.75) is 19.8 Å². The molecule has 1 aromatic carbocycles. The van der Waals surface area contributed by atoms with Crippen molar-refractivity contribution in [1.29, 1.82) is 0 Å². The van der Waals surface area contributed by atoms with Crippen molar-refractivity contribution >= 4 is 12.2 Å². The van der Waals surface area contributed by atoms with E-state index in [0.29, 0.717) is 4.64 Å². The van der Waals surface area contributed by atoms with Crippen LogP contribution >= 0.6 is 12.2 Å². The van der Waals surface area contributed by atoms with Crippen LogP contribution in [0, 0.1) is 4.64 Å². The second-order valence-corrected chi connectivity index (χ2v) is 4.72. The predicted molar refractivity (Wildman–Crippen MR) is 73.4 cm³/mol. The van der Waals surface area contributed by atoms with Gasteiger partial charge < -0.3 is 9.72 Å². The molecule has 2 aromatic rings. The molecule has 2 heterocycles. The SMILES string of the molecule is CCc1c(-c2ccc3c(c2)CCO3)[nH]cnc1=S. The third-order valence-corrected chi connectivity index (χ3v) is 3.63. The Kier molecular flexibility index (Phi) is 2.88. The lowest BCUT2D eigenvalue weighted by molar-refractivity contribution is 0.357. The van der Waals surface area contributed by atoms with Gasteiger partial charge in [-0.2, -0.15) is 0 Å². The Morgan fingerprint density at radius 3 is 3.17 bits per heavy atom. The summed E-state index contributed by atoms with van der Waals surface area (Å²) in [7, 11) is 0. The summed E-state index contributed by atoms with van der Waals surface area (Å²) in [5.41, 5.74) is 4.61. The molecule has 1 aliphatic rings. The number of nitrogens with one attached hydrogen (secondary N) is 1. The zero-order valence-electron chi connectivity index (χ0n) is 10.2. The van der Waals surface area contributed by atoms with Gasteiger partial charge in [0.15, 0.2) is 0 Å². The zero-order chi connectivity index (χ0) is 12.5. The molecule has 0 radical (unpaired) electrons. The zero-order valence-corrected chi connectivity index (χ0v) is 11.0. The number of rotatable bonds is 2. The van der Waals surface area contributed by atoms with E-state index in [9.17, 15) is 0 Å². The predicted octanol–water partition coefficient (Wildman–Crippen LogP) is 3.30. The van der Waals surface area contributed by atoms with Crippen LogP contribution in [0.3, 0.4) is 0 Å². The molecular formula is C14H14N2OS. The van der Waals surface area contributed by atoms with Crippen molar-refractivity contribution in [3.05, 3.63) is 40.3 Å². The molecule has 3 rings (SSSR count). The van der Waals surface area contributed by atoms with E-state index in [0.717, 1.165) is 42.0 Å². The summed E-state index contributed by atoms with van der Waals surface area (Å²) in [6.45, 7) is 2.88. The Bertz CT molecular complexity index is 648. The standard InChI is InChI=1S/C14H14N2OS/c1-2-11-13(15-8-16-14(11)18)10-3-4-12-9(7-10)5-6-17-12/h3-4,7-8H,2,5-6H2,1H3,(H,15,16,18). The number of fused-ring (bicyclic) bond motifs is 1. The van der Waals surface area contributed by atoms with E-state index >= 15 is 0 Å². The van der Waals surface area contributed by atoms with Gasteiger partial charge in [-0.1, -0.05) is 19.1 Å². The molecule has 0 saturated carbocycles. The summed E-state index contributed by atoms with van der Waals surface area (Å²) in [6.07, 6.45) is 3.53. The van der Waals surface area contributed by atoms with Gasteiger partial charge in [-0.25, -0.2) is 4.98 Å². The fourth-order valence-corrected chi connectivity index (χ4v) is 2.65. The number of ether oxygens (including phenoxy) is 1. The number of H-pyrrole nitrogens is 1. The van der Waals surface area contributed by atoms with Gasteiger partial charge >= 0.3 is 0 Å². The molecule has 92 valence electrons. The van der Waals surface area contributed by atoms with E-state index in [1.54, 1.807) is 6.33 Å². The highest BCUT2D eigenvalue weighted by molar-refractivity contribution is 7.71. The van der Waals surface area contributed by atoms with E-state index in [2.05, 4.69) is 29.0 Å². The second kappa shape index (κ2) is 4.53. The number of benzene rings is 1. The van der Waals surface area contributed by atoms with Gasteiger partial charge in [0.05, 0.1) is 18.6 Å². The number of aromatic nitrogens is 2. The lowest BCUT2D eigenvalue weighted by atomic mass is 10.0. The molecule has 3 nitrogen and oxygen atoms in total. The topological polar surface area (TPSA) is 37.9 Å². The van der Waals surface area contributed by atoms with E-state index in [4.69, 9.17) is 17.0 Å². The van der Waals surface area contributed by atoms with Crippen LogP contribution < -0.4 is 4.74 Å². The Morgan fingerprint density at radius 1 is 1.44 bits per heavy atom. The molecule has 4 heteroatoms. The molecule has 1 aromatic heterocycles. The molecule has 1 N–H and O–H groups in total. The summed E-state index contributed by atoms with van der Waals surface area (Å²) in [5, 5.41) is 0. The molecule has 1 aliphatic heterocycles. The molecule has 0 spiro atoms. The number of aromatic amines is 1. The van der Waals surface area contributed by atoms with Crippen LogP contribution in [0.5, 0.6) is 5.75 Å². The average molecular weight is 258 g/mol. The summed E-state index contributed by atoms with van der Waals surface area (Å²) < 4.78 is 6.21. The van der Waals surface area contributed by atoms with Crippen molar-refractivity contribution in [1.82, 2.24) is 9.97 Å². The fraction of sp³-hybridized carbons (Fsp3) is 0.286. The molecule has 0 amide bonds. The van der Waals surface area contributed by atoms with Crippen molar-refractivity contribution in [3.8, 4) is 17.0 Å². The molecule has 0 saturated heterocycles. The maximum absolute atomic E-state index is 5.53. The minimum absolute atomic E-state index is 0.683. The Balaban J connectivity index is 2.16. The van der Waals surface area contributed by atoms with Gasteiger partial charge in [-0.05, 0) is 35.7 Å². The van der Waals surface area contributed by atoms with Crippen LogP contribution in [0.15, 0.2) is 24.5 Å². The maximum atomic E-state index is 5.53. The number of hydrogen-bond donors (Lipinski definition) is 1. The van der Waals surface area contributed by atoms with Crippen molar-refractivity contribution in [2.75, 3.05) is 6.61 Å². The van der Waals surface area contributed by atoms with Crippen LogP contribution in [0.1, 0.15) is 18.1 Å². The van der Waals surface area contributed by atoms with E-state index in [1.807, 2.05) is 6.07 Å². The lowest BCUT2D eigenvalue weighted by Crippen LogP contribution is -1.95. The lowest BCUT2D eigenvalue weighted by Gasteiger charge is -2.09. The minimum Gasteiger partial charge on any atom is -0.493 e. The van der Waals surface area contributed by atoms with Crippen molar-refractivity contribution in [2.24, 2.45) is 0 Å². The number of nitrogens with zero attached hydrogens (tertiary/aromatic N) is 1. The van der Waals surface area contributed by atoms with Gasteiger partial charge in [0.25, 0.3) is 0 Å². The smallest absolute Gasteiger partial charge is 0.133 e. The first-order chi connectivity index (χ1) is 8.79. The first kappa shape index (κ1) is 11.4. The van der Waals surface area contributed by atoms with E-state index in [1.165, 1.54) is 5.56 Å². The van der Waals surface area contributed by atoms with Crippen molar-refractivity contribution in [3.63, 3.8) is 0 Å².